The fourth-order valence-corrected chi connectivity index (χ4v) is 4.49. The molecule has 4 rings (SSSR count). The molecule has 3 atom stereocenters. The number of hydrogen-bond donors (Lipinski definition) is 0. The van der Waals surface area contributed by atoms with Gasteiger partial charge < -0.3 is 14.4 Å². The molecule has 4 nitrogen and oxygen atoms in total. The number of methoxy groups -OCH3 is 1. The molecular formula is C25H23Br2NO3. The van der Waals surface area contributed by atoms with Crippen molar-refractivity contribution >= 4 is 37.8 Å². The molecule has 31 heavy (non-hydrogen) atoms. The minimum Gasteiger partial charge on any atom is -0.497 e. The highest BCUT2D eigenvalue weighted by atomic mass is 79.9. The number of morpholine rings is 1. The smallest absolute Gasteiger partial charge is 0.252 e. The Morgan fingerprint density at radius 2 is 1.42 bits per heavy atom. The summed E-state index contributed by atoms with van der Waals surface area (Å²) in [5, 5.41) is 0. The van der Waals surface area contributed by atoms with E-state index in [0.717, 1.165) is 31.4 Å². The van der Waals surface area contributed by atoms with Crippen molar-refractivity contribution in [2.24, 2.45) is 0 Å². The molecule has 1 amide bonds. The average molecular weight is 545 g/mol. The molecule has 0 aliphatic carbocycles. The molecule has 3 aromatic carbocycles. The molecule has 3 aromatic rings. The highest BCUT2D eigenvalue weighted by Crippen LogP contribution is 2.42. The van der Waals surface area contributed by atoms with Crippen LogP contribution in [0.1, 0.15) is 28.8 Å². The third-order valence-corrected chi connectivity index (χ3v) is 6.69. The van der Waals surface area contributed by atoms with Gasteiger partial charge in [0.15, 0.2) is 0 Å². The van der Waals surface area contributed by atoms with Gasteiger partial charge in [0.25, 0.3) is 5.91 Å². The van der Waals surface area contributed by atoms with E-state index in [9.17, 15) is 4.79 Å². The van der Waals surface area contributed by atoms with Crippen molar-refractivity contribution in [1.82, 2.24) is 4.90 Å². The Bertz CT molecular complexity index is 1040. The number of carbonyl (C=O) groups excluding carboxylic acids is 1. The average Bonchev–Trinajstić information content (AvgIpc) is 2.79. The van der Waals surface area contributed by atoms with Gasteiger partial charge in [-0.1, -0.05) is 68.3 Å². The number of benzene rings is 3. The summed E-state index contributed by atoms with van der Waals surface area (Å²) in [6.07, 6.45) is -0.327. The Balaban J connectivity index is 1.67. The van der Waals surface area contributed by atoms with Crippen LogP contribution in [0.15, 0.2) is 81.7 Å². The van der Waals surface area contributed by atoms with E-state index in [1.807, 2.05) is 72.6 Å². The Hall–Kier alpha value is -2.15. The van der Waals surface area contributed by atoms with Crippen LogP contribution in [0.25, 0.3) is 0 Å². The SMILES string of the molecule is COc1ccc(C[C@@H]2O[C@@H](c3ccc(Br)cc3)[C@@H](c3ccc(Br)cc3)N(C)C2=O)cc1. The summed E-state index contributed by atoms with van der Waals surface area (Å²) in [7, 11) is 3.51. The quantitative estimate of drug-likeness (QED) is 0.389. The van der Waals surface area contributed by atoms with E-state index in [1.165, 1.54) is 0 Å². The fourth-order valence-electron chi connectivity index (χ4n) is 3.96. The molecule has 160 valence electrons. The number of hydrogen-bond acceptors (Lipinski definition) is 3. The first-order valence-electron chi connectivity index (χ1n) is 10.0. The van der Waals surface area contributed by atoms with Crippen LogP contribution in [0.2, 0.25) is 0 Å². The zero-order valence-corrected chi connectivity index (χ0v) is 20.5. The summed E-state index contributed by atoms with van der Waals surface area (Å²) in [5.74, 6) is 0.775. The van der Waals surface area contributed by atoms with Crippen LogP contribution in [-0.4, -0.2) is 31.1 Å². The molecule has 0 aromatic heterocycles. The maximum Gasteiger partial charge on any atom is 0.252 e. The molecule has 1 fully saturated rings. The highest BCUT2D eigenvalue weighted by molar-refractivity contribution is 9.10. The number of carbonyl (C=O) groups is 1. The van der Waals surface area contributed by atoms with E-state index in [1.54, 1.807) is 7.11 Å². The van der Waals surface area contributed by atoms with Crippen molar-refractivity contribution in [2.45, 2.75) is 24.7 Å². The number of rotatable bonds is 5. The van der Waals surface area contributed by atoms with Crippen molar-refractivity contribution in [3.05, 3.63) is 98.4 Å². The van der Waals surface area contributed by atoms with Crippen LogP contribution in [0.3, 0.4) is 0 Å². The third-order valence-electron chi connectivity index (χ3n) is 5.63. The molecule has 0 unspecified atom stereocenters. The van der Waals surface area contributed by atoms with E-state index in [0.29, 0.717) is 6.42 Å². The van der Waals surface area contributed by atoms with Gasteiger partial charge in [-0.3, -0.25) is 4.79 Å². The number of nitrogens with zero attached hydrogens (tertiary/aromatic N) is 1. The van der Waals surface area contributed by atoms with E-state index < -0.39 is 6.10 Å². The van der Waals surface area contributed by atoms with Crippen molar-refractivity contribution in [3.8, 4) is 5.75 Å². The fraction of sp³-hybridized carbons (Fsp3) is 0.240. The lowest BCUT2D eigenvalue weighted by Gasteiger charge is -2.43. The summed E-state index contributed by atoms with van der Waals surface area (Å²) in [6.45, 7) is 0. The Morgan fingerprint density at radius 3 is 1.97 bits per heavy atom. The summed E-state index contributed by atoms with van der Waals surface area (Å²) < 4.78 is 13.7. The van der Waals surface area contributed by atoms with Gasteiger partial charge >= 0.3 is 0 Å². The molecule has 1 aliphatic rings. The maximum absolute atomic E-state index is 13.3. The third kappa shape index (κ3) is 4.86. The van der Waals surface area contributed by atoms with Crippen molar-refractivity contribution in [2.75, 3.05) is 14.2 Å². The number of amides is 1. The molecular weight excluding hydrogens is 522 g/mol. The Morgan fingerprint density at radius 1 is 0.871 bits per heavy atom. The number of likely N-dealkylation sites (N-methyl/N-ethyl adjacent to an activating group) is 1. The second-order valence-electron chi connectivity index (χ2n) is 7.59. The molecule has 1 heterocycles. The molecule has 0 radical (unpaired) electrons. The van der Waals surface area contributed by atoms with Gasteiger partial charge in [0.05, 0.1) is 13.2 Å². The predicted octanol–water partition coefficient (Wildman–Crippen LogP) is 6.10. The van der Waals surface area contributed by atoms with Gasteiger partial charge in [-0.05, 0) is 53.1 Å². The summed E-state index contributed by atoms with van der Waals surface area (Å²) in [5.41, 5.74) is 3.11. The summed E-state index contributed by atoms with van der Waals surface area (Å²) >= 11 is 7.00. The molecule has 0 bridgehead atoms. The van der Waals surface area contributed by atoms with E-state index in [2.05, 4.69) is 44.0 Å². The largest absolute Gasteiger partial charge is 0.497 e. The van der Waals surface area contributed by atoms with Gasteiger partial charge in [-0.2, -0.15) is 0 Å². The number of ether oxygens (including phenoxy) is 2. The Labute approximate surface area is 199 Å². The second-order valence-corrected chi connectivity index (χ2v) is 9.43. The van der Waals surface area contributed by atoms with Gasteiger partial charge in [0.2, 0.25) is 0 Å². The molecule has 0 N–H and O–H groups in total. The predicted molar refractivity (Wildman–Crippen MR) is 128 cm³/mol. The Kier molecular flexibility index (Phi) is 6.80. The van der Waals surface area contributed by atoms with Crippen LogP contribution >= 0.6 is 31.9 Å². The lowest BCUT2D eigenvalue weighted by molar-refractivity contribution is -0.171. The zero-order valence-electron chi connectivity index (χ0n) is 17.3. The molecule has 1 saturated heterocycles. The van der Waals surface area contributed by atoms with Crippen molar-refractivity contribution < 1.29 is 14.3 Å². The first-order chi connectivity index (χ1) is 15.0. The second kappa shape index (κ2) is 9.55. The highest BCUT2D eigenvalue weighted by Gasteiger charge is 2.42. The monoisotopic (exact) mass is 543 g/mol. The minimum absolute atomic E-state index is 0.0166. The zero-order chi connectivity index (χ0) is 22.0. The van der Waals surface area contributed by atoms with Gasteiger partial charge in [-0.25, -0.2) is 0 Å². The molecule has 0 spiro atoms. The van der Waals surface area contributed by atoms with Gasteiger partial charge in [0.1, 0.15) is 18.0 Å². The standard InChI is InChI=1S/C25H23Br2NO3/c1-28-23(17-5-9-19(26)10-6-17)24(18-7-11-20(27)12-8-18)31-22(25(28)29)15-16-3-13-21(30-2)14-4-16/h3-14,22-24H,15H2,1-2H3/t22-,23+,24-/m0/s1. The van der Waals surface area contributed by atoms with Crippen molar-refractivity contribution in [3.63, 3.8) is 0 Å². The summed E-state index contributed by atoms with van der Waals surface area (Å²) in [4.78, 5) is 15.1. The van der Waals surface area contributed by atoms with E-state index in [4.69, 9.17) is 9.47 Å². The first kappa shape index (κ1) is 22.1. The van der Waals surface area contributed by atoms with Crippen LogP contribution in [-0.2, 0) is 16.0 Å². The lowest BCUT2D eigenvalue weighted by Crippen LogP contribution is -2.49. The van der Waals surface area contributed by atoms with Gasteiger partial charge in [0, 0.05) is 22.4 Å². The number of halogens is 2. The van der Waals surface area contributed by atoms with Crippen LogP contribution in [0.5, 0.6) is 5.75 Å². The maximum atomic E-state index is 13.3. The molecule has 6 heteroatoms. The van der Waals surface area contributed by atoms with E-state index >= 15 is 0 Å². The van der Waals surface area contributed by atoms with Crippen LogP contribution < -0.4 is 4.74 Å². The van der Waals surface area contributed by atoms with E-state index in [-0.39, 0.29) is 18.1 Å². The normalized spacial score (nSPS) is 21.2. The first-order valence-corrected chi connectivity index (χ1v) is 11.6. The lowest BCUT2D eigenvalue weighted by atomic mass is 9.91. The van der Waals surface area contributed by atoms with Crippen LogP contribution in [0, 0.1) is 0 Å². The van der Waals surface area contributed by atoms with Crippen molar-refractivity contribution in [1.29, 1.82) is 0 Å². The minimum atomic E-state index is -0.557. The molecule has 0 saturated carbocycles. The topological polar surface area (TPSA) is 38.8 Å². The molecule has 1 aliphatic heterocycles. The van der Waals surface area contributed by atoms with Crippen LogP contribution in [0.4, 0.5) is 0 Å². The summed E-state index contributed by atoms with van der Waals surface area (Å²) in [6, 6.07) is 23.7. The van der Waals surface area contributed by atoms with Gasteiger partial charge in [-0.15, -0.1) is 0 Å².